The molecular formula is C25H31NO. The summed E-state index contributed by atoms with van der Waals surface area (Å²) in [6.45, 7) is 2.25. The maximum atomic E-state index is 10.8. The average molecular weight is 362 g/mol. The quantitative estimate of drug-likeness (QED) is 0.402. The first kappa shape index (κ1) is 19.4. The van der Waals surface area contributed by atoms with Crippen LogP contribution in [-0.2, 0) is 12.8 Å². The van der Waals surface area contributed by atoms with Crippen LogP contribution in [0, 0.1) is 0 Å². The monoisotopic (exact) mass is 361 g/mol. The molecule has 0 fully saturated rings. The molecule has 0 radical (unpaired) electrons. The van der Waals surface area contributed by atoms with Crippen LogP contribution in [0.25, 0.3) is 10.9 Å². The van der Waals surface area contributed by atoms with Gasteiger partial charge in [0.1, 0.15) is 11.3 Å². The molecule has 0 amide bonds. The first-order valence-corrected chi connectivity index (χ1v) is 10.4. The highest BCUT2D eigenvalue weighted by atomic mass is 16.3. The Balaban J connectivity index is 1.64. The van der Waals surface area contributed by atoms with E-state index in [0.717, 1.165) is 41.4 Å². The molecule has 2 aromatic carbocycles. The van der Waals surface area contributed by atoms with Crippen molar-refractivity contribution >= 4 is 10.9 Å². The van der Waals surface area contributed by atoms with Gasteiger partial charge in [-0.25, -0.2) is 4.98 Å². The first-order chi connectivity index (χ1) is 13.3. The van der Waals surface area contributed by atoms with Crippen LogP contribution in [-0.4, -0.2) is 10.1 Å². The van der Waals surface area contributed by atoms with E-state index in [1.165, 1.54) is 44.1 Å². The van der Waals surface area contributed by atoms with Crippen molar-refractivity contribution < 1.29 is 5.11 Å². The lowest BCUT2D eigenvalue weighted by Gasteiger charge is -2.09. The van der Waals surface area contributed by atoms with Crippen molar-refractivity contribution in [2.24, 2.45) is 0 Å². The van der Waals surface area contributed by atoms with Crippen molar-refractivity contribution in [1.82, 2.24) is 4.98 Å². The van der Waals surface area contributed by atoms with E-state index >= 15 is 0 Å². The molecule has 2 heteroatoms. The van der Waals surface area contributed by atoms with E-state index in [1.54, 1.807) is 0 Å². The first-order valence-electron chi connectivity index (χ1n) is 10.4. The number of phenolic OH excluding ortho intramolecular Hbond substituents is 1. The van der Waals surface area contributed by atoms with Crippen LogP contribution in [0.5, 0.6) is 5.75 Å². The Labute approximate surface area is 163 Å². The highest BCUT2D eigenvalue weighted by Gasteiger charge is 2.09. The summed E-state index contributed by atoms with van der Waals surface area (Å²) in [4.78, 5) is 4.76. The number of benzene rings is 2. The molecule has 1 N–H and O–H groups in total. The van der Waals surface area contributed by atoms with Crippen LogP contribution < -0.4 is 0 Å². The van der Waals surface area contributed by atoms with E-state index in [2.05, 4.69) is 43.3 Å². The molecule has 0 atom stereocenters. The third-order valence-electron chi connectivity index (χ3n) is 5.25. The van der Waals surface area contributed by atoms with Crippen molar-refractivity contribution in [3.05, 3.63) is 71.4 Å². The van der Waals surface area contributed by atoms with Crippen LogP contribution in [0.4, 0.5) is 0 Å². The number of nitrogens with zero attached hydrogens (tertiary/aromatic N) is 1. The summed E-state index contributed by atoms with van der Waals surface area (Å²) in [6, 6.07) is 18.6. The number of hydrogen-bond acceptors (Lipinski definition) is 2. The molecular weight excluding hydrogens is 330 g/mol. The zero-order chi connectivity index (χ0) is 18.9. The Kier molecular flexibility index (Phi) is 7.27. The zero-order valence-corrected chi connectivity index (χ0v) is 16.5. The molecule has 27 heavy (non-hydrogen) atoms. The van der Waals surface area contributed by atoms with E-state index in [0.29, 0.717) is 5.75 Å². The minimum atomic E-state index is 0.369. The molecule has 0 saturated carbocycles. The second-order valence-electron chi connectivity index (χ2n) is 7.48. The Morgan fingerprint density at radius 2 is 1.48 bits per heavy atom. The summed E-state index contributed by atoms with van der Waals surface area (Å²) in [7, 11) is 0. The highest BCUT2D eigenvalue weighted by Crippen LogP contribution is 2.29. The maximum absolute atomic E-state index is 10.8. The number of rotatable bonds is 10. The second kappa shape index (κ2) is 10.1. The van der Waals surface area contributed by atoms with Crippen LogP contribution in [0.2, 0.25) is 0 Å². The molecule has 2 nitrogen and oxygen atoms in total. The molecule has 3 rings (SSSR count). The Hall–Kier alpha value is -2.35. The van der Waals surface area contributed by atoms with Gasteiger partial charge in [-0.05, 0) is 30.0 Å². The van der Waals surface area contributed by atoms with E-state index in [-0.39, 0.29) is 0 Å². The third-order valence-corrected chi connectivity index (χ3v) is 5.25. The average Bonchev–Trinajstić information content (AvgIpc) is 2.70. The number of aromatic nitrogens is 1. The molecule has 0 aliphatic heterocycles. The Bertz CT molecular complexity index is 842. The number of hydrogen-bond donors (Lipinski definition) is 1. The fraction of sp³-hybridized carbons (Fsp3) is 0.400. The van der Waals surface area contributed by atoms with Crippen LogP contribution in [0.3, 0.4) is 0 Å². The van der Waals surface area contributed by atoms with E-state index in [9.17, 15) is 5.11 Å². The van der Waals surface area contributed by atoms with E-state index in [1.807, 2.05) is 18.2 Å². The summed E-state index contributed by atoms with van der Waals surface area (Å²) < 4.78 is 0. The highest BCUT2D eigenvalue weighted by molar-refractivity contribution is 5.85. The zero-order valence-electron chi connectivity index (χ0n) is 16.5. The minimum Gasteiger partial charge on any atom is -0.505 e. The van der Waals surface area contributed by atoms with Gasteiger partial charge >= 0.3 is 0 Å². The molecule has 0 unspecified atom stereocenters. The standard InChI is InChI=1S/C25H31NO/c1-2-3-4-5-6-7-11-14-22-16-15-21-17-18-23(26-24(21)25(22)27)19-20-12-9-8-10-13-20/h8-10,12-13,15-18,27H,2-7,11,14,19H2,1H3. The van der Waals surface area contributed by atoms with Crippen LogP contribution in [0.1, 0.15) is 68.7 Å². The second-order valence-corrected chi connectivity index (χ2v) is 7.48. The van der Waals surface area contributed by atoms with Gasteiger partial charge in [0, 0.05) is 17.5 Å². The third kappa shape index (κ3) is 5.56. The lowest BCUT2D eigenvalue weighted by Crippen LogP contribution is -1.95. The SMILES string of the molecule is CCCCCCCCCc1ccc2ccc(Cc3ccccc3)nc2c1O. The van der Waals surface area contributed by atoms with Gasteiger partial charge in [0.05, 0.1) is 0 Å². The molecule has 3 aromatic rings. The fourth-order valence-corrected chi connectivity index (χ4v) is 3.63. The Morgan fingerprint density at radius 1 is 0.778 bits per heavy atom. The number of aryl methyl sites for hydroxylation is 1. The van der Waals surface area contributed by atoms with Crippen molar-refractivity contribution in [3.63, 3.8) is 0 Å². The van der Waals surface area contributed by atoms with Gasteiger partial charge in [0.15, 0.2) is 0 Å². The lowest BCUT2D eigenvalue weighted by atomic mass is 10.0. The molecule has 142 valence electrons. The molecule has 0 aliphatic carbocycles. The van der Waals surface area contributed by atoms with Crippen LogP contribution in [0.15, 0.2) is 54.6 Å². The largest absolute Gasteiger partial charge is 0.505 e. The molecule has 1 aromatic heterocycles. The van der Waals surface area contributed by atoms with Gasteiger partial charge in [0.2, 0.25) is 0 Å². The molecule has 0 spiro atoms. The van der Waals surface area contributed by atoms with Gasteiger partial charge < -0.3 is 5.11 Å². The number of fused-ring (bicyclic) bond motifs is 1. The van der Waals surface area contributed by atoms with Crippen molar-refractivity contribution in [2.45, 2.75) is 64.7 Å². The van der Waals surface area contributed by atoms with Crippen molar-refractivity contribution in [3.8, 4) is 5.75 Å². The number of pyridine rings is 1. The fourth-order valence-electron chi connectivity index (χ4n) is 3.63. The smallest absolute Gasteiger partial charge is 0.144 e. The lowest BCUT2D eigenvalue weighted by molar-refractivity contribution is 0.471. The van der Waals surface area contributed by atoms with E-state index in [4.69, 9.17) is 4.98 Å². The summed E-state index contributed by atoms with van der Waals surface area (Å²) in [5.74, 6) is 0.369. The predicted molar refractivity (Wildman–Crippen MR) is 114 cm³/mol. The van der Waals surface area contributed by atoms with Crippen molar-refractivity contribution in [1.29, 1.82) is 0 Å². The Morgan fingerprint density at radius 3 is 2.26 bits per heavy atom. The number of aromatic hydroxyl groups is 1. The minimum absolute atomic E-state index is 0.369. The molecule has 0 aliphatic rings. The maximum Gasteiger partial charge on any atom is 0.144 e. The summed E-state index contributed by atoms with van der Waals surface area (Å²) in [5.41, 5.74) is 4.00. The van der Waals surface area contributed by atoms with Gasteiger partial charge in [-0.15, -0.1) is 0 Å². The van der Waals surface area contributed by atoms with Gasteiger partial charge in [-0.1, -0.05) is 94.0 Å². The molecule has 1 heterocycles. The molecule has 0 saturated heterocycles. The topological polar surface area (TPSA) is 33.1 Å². The molecule has 0 bridgehead atoms. The summed E-state index contributed by atoms with van der Waals surface area (Å²) in [6.07, 6.45) is 10.7. The van der Waals surface area contributed by atoms with Crippen molar-refractivity contribution in [2.75, 3.05) is 0 Å². The number of phenols is 1. The van der Waals surface area contributed by atoms with E-state index < -0.39 is 0 Å². The van der Waals surface area contributed by atoms with Gasteiger partial charge in [-0.3, -0.25) is 0 Å². The van der Waals surface area contributed by atoms with Gasteiger partial charge in [-0.2, -0.15) is 0 Å². The summed E-state index contributed by atoms with van der Waals surface area (Å²) in [5, 5.41) is 11.8. The normalized spacial score (nSPS) is 11.1. The number of unbranched alkanes of at least 4 members (excludes halogenated alkanes) is 6. The van der Waals surface area contributed by atoms with Gasteiger partial charge in [0.25, 0.3) is 0 Å². The predicted octanol–water partition coefficient (Wildman–Crippen LogP) is 6.82. The van der Waals surface area contributed by atoms with Crippen LogP contribution >= 0.6 is 0 Å². The summed E-state index contributed by atoms with van der Waals surface area (Å²) >= 11 is 0.